The highest BCUT2D eigenvalue weighted by Crippen LogP contribution is 1.82. The van der Waals surface area contributed by atoms with Crippen molar-refractivity contribution in [2.24, 2.45) is 0 Å². The van der Waals surface area contributed by atoms with E-state index in [9.17, 15) is 0 Å². The van der Waals surface area contributed by atoms with Crippen LogP contribution in [-0.2, 0) is 0 Å². The Hall–Kier alpha value is 0.510. The van der Waals surface area contributed by atoms with Gasteiger partial charge >= 0.3 is 0 Å². The van der Waals surface area contributed by atoms with Crippen molar-refractivity contribution >= 4 is 27.5 Å². The fourth-order valence-corrected chi connectivity index (χ4v) is 0.525. The SMILES string of the molecule is Cl/C=C\CBr. The highest BCUT2D eigenvalue weighted by Gasteiger charge is 1.55. The van der Waals surface area contributed by atoms with Gasteiger partial charge in [-0.05, 0) is 0 Å². The zero-order valence-corrected chi connectivity index (χ0v) is 4.96. The van der Waals surface area contributed by atoms with Gasteiger partial charge in [0.15, 0.2) is 0 Å². The van der Waals surface area contributed by atoms with Crippen molar-refractivity contribution < 1.29 is 0 Å². The van der Waals surface area contributed by atoms with Gasteiger partial charge < -0.3 is 0 Å². The van der Waals surface area contributed by atoms with Crippen LogP contribution in [0, 0.1) is 0 Å². The van der Waals surface area contributed by atoms with E-state index in [1.165, 1.54) is 5.54 Å². The monoisotopic (exact) mass is 154 g/mol. The minimum atomic E-state index is 0.844. The summed E-state index contributed by atoms with van der Waals surface area (Å²) in [4.78, 5) is 0. The summed E-state index contributed by atoms with van der Waals surface area (Å²) in [7, 11) is 0. The summed E-state index contributed by atoms with van der Waals surface area (Å²) in [5, 5.41) is 0.844. The lowest BCUT2D eigenvalue weighted by molar-refractivity contribution is 1.85. The van der Waals surface area contributed by atoms with Gasteiger partial charge in [0.2, 0.25) is 0 Å². The molecule has 0 heterocycles. The fraction of sp³-hybridized carbons (Fsp3) is 0.333. The van der Waals surface area contributed by atoms with Crippen molar-refractivity contribution in [3.63, 3.8) is 0 Å². The third-order valence-corrected chi connectivity index (χ3v) is 0.730. The number of hydrogen-bond donors (Lipinski definition) is 0. The number of hydrogen-bond acceptors (Lipinski definition) is 0. The Bertz CT molecular complexity index is 33.9. The molecule has 0 radical (unpaired) electrons. The summed E-state index contributed by atoms with van der Waals surface area (Å²) in [5.74, 6) is 0. The molecule has 30 valence electrons. The van der Waals surface area contributed by atoms with Crippen molar-refractivity contribution in [3.8, 4) is 0 Å². The van der Waals surface area contributed by atoms with Gasteiger partial charge in [0.05, 0.1) is 0 Å². The lowest BCUT2D eigenvalue weighted by Gasteiger charge is -1.61. The average molecular weight is 155 g/mol. The molecule has 0 aromatic carbocycles. The van der Waals surface area contributed by atoms with E-state index < -0.39 is 0 Å². The van der Waals surface area contributed by atoms with E-state index in [0.717, 1.165) is 5.33 Å². The van der Waals surface area contributed by atoms with Crippen LogP contribution < -0.4 is 0 Å². The van der Waals surface area contributed by atoms with Crippen molar-refractivity contribution in [3.05, 3.63) is 11.6 Å². The van der Waals surface area contributed by atoms with Crippen LogP contribution in [0.25, 0.3) is 0 Å². The number of rotatable bonds is 1. The van der Waals surface area contributed by atoms with Gasteiger partial charge in [0.1, 0.15) is 0 Å². The van der Waals surface area contributed by atoms with E-state index in [4.69, 9.17) is 11.6 Å². The summed E-state index contributed by atoms with van der Waals surface area (Å²) < 4.78 is 0. The second-order valence-electron chi connectivity index (χ2n) is 0.516. The predicted molar refractivity (Wildman–Crippen MR) is 28.8 cm³/mol. The first kappa shape index (κ1) is 5.51. The molecule has 0 N–H and O–H groups in total. The first-order valence-corrected chi connectivity index (χ1v) is 2.78. The zero-order chi connectivity index (χ0) is 4.12. The first-order valence-electron chi connectivity index (χ1n) is 1.23. The van der Waals surface area contributed by atoms with Crippen molar-refractivity contribution in [2.75, 3.05) is 5.33 Å². The Morgan fingerprint density at radius 2 is 2.40 bits per heavy atom. The molecule has 0 aromatic rings. The molecule has 0 aliphatic carbocycles. The van der Waals surface area contributed by atoms with Crippen LogP contribution in [0.15, 0.2) is 11.6 Å². The Labute approximate surface area is 45.0 Å². The molecule has 0 unspecified atom stereocenters. The number of halogens is 2. The normalized spacial score (nSPS) is 10.0. The Morgan fingerprint density at radius 3 is 2.40 bits per heavy atom. The molecule has 2 heteroatoms. The van der Waals surface area contributed by atoms with E-state index in [0.29, 0.717) is 0 Å². The summed E-state index contributed by atoms with van der Waals surface area (Å²) in [6.07, 6.45) is 1.81. The minimum Gasteiger partial charge on any atom is -0.0933 e. The second-order valence-corrected chi connectivity index (χ2v) is 1.42. The molecule has 0 bridgehead atoms. The van der Waals surface area contributed by atoms with Crippen LogP contribution in [0.2, 0.25) is 0 Å². The molecule has 0 fully saturated rings. The molecule has 0 amide bonds. The van der Waals surface area contributed by atoms with Gasteiger partial charge in [-0.1, -0.05) is 33.6 Å². The van der Waals surface area contributed by atoms with E-state index in [-0.39, 0.29) is 0 Å². The number of alkyl halides is 1. The van der Waals surface area contributed by atoms with E-state index >= 15 is 0 Å². The number of allylic oxidation sites excluding steroid dienone is 1. The van der Waals surface area contributed by atoms with Crippen LogP contribution in [0.4, 0.5) is 0 Å². The maximum absolute atomic E-state index is 5.09. The highest BCUT2D eigenvalue weighted by atomic mass is 79.9. The van der Waals surface area contributed by atoms with Gasteiger partial charge in [-0.15, -0.1) is 0 Å². The summed E-state index contributed by atoms with van der Waals surface area (Å²) in [6.45, 7) is 0. The largest absolute Gasteiger partial charge is 0.0933 e. The zero-order valence-electron chi connectivity index (χ0n) is 2.62. The molecule has 0 saturated heterocycles. The fourth-order valence-electron chi connectivity index (χ4n) is 0.0337. The summed E-state index contributed by atoms with van der Waals surface area (Å²) >= 11 is 8.23. The molecule has 0 atom stereocenters. The van der Waals surface area contributed by atoms with Crippen molar-refractivity contribution in [2.45, 2.75) is 0 Å². The maximum atomic E-state index is 5.09. The molecule has 0 nitrogen and oxygen atoms in total. The minimum absolute atomic E-state index is 0.844. The topological polar surface area (TPSA) is 0 Å². The Balaban J connectivity index is 2.62. The van der Waals surface area contributed by atoms with E-state index in [1.807, 2.05) is 6.08 Å². The van der Waals surface area contributed by atoms with Crippen LogP contribution in [0.5, 0.6) is 0 Å². The summed E-state index contributed by atoms with van der Waals surface area (Å²) in [5.41, 5.74) is 1.48. The molecular weight excluding hydrogens is 151 g/mol. The van der Waals surface area contributed by atoms with Crippen LogP contribution >= 0.6 is 27.5 Å². The van der Waals surface area contributed by atoms with Crippen LogP contribution in [0.3, 0.4) is 0 Å². The second kappa shape index (κ2) is 4.51. The quantitative estimate of drug-likeness (QED) is 0.509. The molecule has 5 heavy (non-hydrogen) atoms. The lowest BCUT2D eigenvalue weighted by Crippen LogP contribution is -1.47. The Kier molecular flexibility index (Phi) is 4.97. The smallest absolute Gasteiger partial charge is 0.0223 e. The maximum Gasteiger partial charge on any atom is 0.0223 e. The molecule has 0 aliphatic heterocycles. The molecule has 0 saturated carbocycles. The van der Waals surface area contributed by atoms with Gasteiger partial charge in [-0.2, -0.15) is 0 Å². The van der Waals surface area contributed by atoms with Gasteiger partial charge in [0, 0.05) is 10.9 Å². The van der Waals surface area contributed by atoms with Gasteiger partial charge in [0.25, 0.3) is 0 Å². The molecule has 0 aliphatic rings. The third-order valence-electron chi connectivity index (χ3n) is 0.178. The first-order chi connectivity index (χ1) is 2.41. The molecule has 0 rings (SSSR count). The van der Waals surface area contributed by atoms with Gasteiger partial charge in [-0.3, -0.25) is 0 Å². The standard InChI is InChI=1S/C3H4BrCl/c4-2-1-3-5/h1,3H,2H2/b3-1-. The van der Waals surface area contributed by atoms with E-state index in [1.54, 1.807) is 0 Å². The summed E-state index contributed by atoms with van der Waals surface area (Å²) in [6, 6.07) is 0. The lowest BCUT2D eigenvalue weighted by atomic mass is 10.8. The van der Waals surface area contributed by atoms with Crippen LogP contribution in [0.1, 0.15) is 0 Å². The van der Waals surface area contributed by atoms with Crippen LogP contribution in [-0.4, -0.2) is 5.33 Å². The van der Waals surface area contributed by atoms with Gasteiger partial charge in [-0.25, -0.2) is 0 Å². The Morgan fingerprint density at radius 1 is 1.80 bits per heavy atom. The average Bonchev–Trinajstić information content (AvgIpc) is 1.41. The molecule has 0 spiro atoms. The van der Waals surface area contributed by atoms with Crippen molar-refractivity contribution in [1.82, 2.24) is 0 Å². The molecule has 0 aromatic heterocycles. The predicted octanol–water partition coefficient (Wildman–Crippen LogP) is 2.13. The molecular formula is C3H4BrCl. The van der Waals surface area contributed by atoms with E-state index in [2.05, 4.69) is 15.9 Å². The highest BCUT2D eigenvalue weighted by molar-refractivity contribution is 9.09. The van der Waals surface area contributed by atoms with Crippen molar-refractivity contribution in [1.29, 1.82) is 0 Å². The third kappa shape index (κ3) is 4.51.